The predicted molar refractivity (Wildman–Crippen MR) is 61.0 cm³/mol. The van der Waals surface area contributed by atoms with E-state index in [1.54, 1.807) is 18.2 Å². The molecule has 5 heteroatoms. The van der Waals surface area contributed by atoms with Crippen molar-refractivity contribution in [2.75, 3.05) is 0 Å². The molecule has 0 unspecified atom stereocenters. The van der Waals surface area contributed by atoms with Gasteiger partial charge in [-0.25, -0.2) is 4.79 Å². The summed E-state index contributed by atoms with van der Waals surface area (Å²) < 4.78 is 1.66. The van der Waals surface area contributed by atoms with Gasteiger partial charge < -0.3 is 5.11 Å². The van der Waals surface area contributed by atoms with Gasteiger partial charge in [0.2, 0.25) is 0 Å². The van der Waals surface area contributed by atoms with Crippen LogP contribution in [-0.2, 0) is 0 Å². The van der Waals surface area contributed by atoms with Crippen LogP contribution >= 0.6 is 35.6 Å². The van der Waals surface area contributed by atoms with Gasteiger partial charge in [0.25, 0.3) is 0 Å². The van der Waals surface area contributed by atoms with Gasteiger partial charge in [-0.3, -0.25) is 0 Å². The molecule has 0 fully saturated rings. The van der Waals surface area contributed by atoms with Gasteiger partial charge in [0.1, 0.15) is 0 Å². The minimum Gasteiger partial charge on any atom is -0.478 e. The van der Waals surface area contributed by atoms with Crippen LogP contribution in [0.5, 0.6) is 0 Å². The van der Waals surface area contributed by atoms with Crippen LogP contribution in [0.4, 0.5) is 0 Å². The molecule has 2 nitrogen and oxygen atoms in total. The first-order valence-corrected chi connectivity index (χ1v) is 5.38. The van der Waals surface area contributed by atoms with Gasteiger partial charge in [0.15, 0.2) is 0 Å². The molecule has 2 rings (SSSR count). The number of aromatic carboxylic acids is 1. The molecule has 0 aliphatic rings. The maximum absolute atomic E-state index is 10.7. The molecule has 1 aromatic heterocycles. The third-order valence-electron chi connectivity index (χ3n) is 1.86. The molecule has 0 radical (unpaired) electrons. The summed E-state index contributed by atoms with van der Waals surface area (Å²) in [5.41, 5.74) is 0.241. The third kappa shape index (κ3) is 1.49. The van der Waals surface area contributed by atoms with Crippen molar-refractivity contribution in [2.24, 2.45) is 0 Å². The van der Waals surface area contributed by atoms with E-state index in [4.69, 9.17) is 16.7 Å². The number of carboxylic acid groups (broad SMARTS) is 1. The highest BCUT2D eigenvalue weighted by molar-refractivity contribution is 7.83. The number of hydrogen-bond donors (Lipinski definition) is 2. The lowest BCUT2D eigenvalue weighted by Gasteiger charge is -1.94. The molecule has 0 aliphatic heterocycles. The van der Waals surface area contributed by atoms with Gasteiger partial charge in [-0.2, -0.15) is 0 Å². The van der Waals surface area contributed by atoms with Crippen LogP contribution in [-0.4, -0.2) is 11.1 Å². The molecule has 0 spiro atoms. The molecular weight excluding hydrogens is 240 g/mol. The van der Waals surface area contributed by atoms with E-state index in [2.05, 4.69) is 12.6 Å². The molecule has 0 bridgehead atoms. The molecule has 0 atom stereocenters. The summed E-state index contributed by atoms with van der Waals surface area (Å²) in [6.45, 7) is 0. The number of halogens is 1. The Morgan fingerprint density at radius 3 is 2.86 bits per heavy atom. The van der Waals surface area contributed by atoms with Gasteiger partial charge in [0, 0.05) is 10.1 Å². The van der Waals surface area contributed by atoms with Gasteiger partial charge in [0.05, 0.1) is 14.8 Å². The van der Waals surface area contributed by atoms with Crippen LogP contribution in [0.25, 0.3) is 10.1 Å². The second-order valence-corrected chi connectivity index (χ2v) is 4.92. The zero-order valence-electron chi connectivity index (χ0n) is 6.82. The van der Waals surface area contributed by atoms with Gasteiger partial charge in [-0.15, -0.1) is 24.0 Å². The molecule has 1 heterocycles. The average molecular weight is 245 g/mol. The molecular formula is C9H5ClO2S2. The van der Waals surface area contributed by atoms with Crippen LogP contribution in [0.15, 0.2) is 22.4 Å². The highest BCUT2D eigenvalue weighted by atomic mass is 35.5. The van der Waals surface area contributed by atoms with Crippen molar-refractivity contribution in [3.05, 3.63) is 28.8 Å². The van der Waals surface area contributed by atoms with Crippen LogP contribution in [0.2, 0.25) is 5.02 Å². The normalized spacial score (nSPS) is 10.7. The molecule has 0 aliphatic carbocycles. The number of benzene rings is 1. The van der Waals surface area contributed by atoms with Crippen molar-refractivity contribution in [1.82, 2.24) is 0 Å². The first-order chi connectivity index (χ1) is 6.59. The number of thiophene rings is 1. The molecule has 0 amide bonds. The lowest BCUT2D eigenvalue weighted by atomic mass is 10.2. The Bertz CT molecular complexity index is 519. The Labute approximate surface area is 94.5 Å². The molecule has 72 valence electrons. The Morgan fingerprint density at radius 2 is 2.21 bits per heavy atom. The number of carbonyl (C=O) groups is 1. The van der Waals surface area contributed by atoms with Crippen LogP contribution in [0.1, 0.15) is 10.4 Å². The van der Waals surface area contributed by atoms with E-state index in [0.717, 1.165) is 10.1 Å². The van der Waals surface area contributed by atoms with Crippen molar-refractivity contribution in [3.8, 4) is 0 Å². The van der Waals surface area contributed by atoms with E-state index in [1.165, 1.54) is 11.3 Å². The fourth-order valence-corrected chi connectivity index (χ4v) is 2.75. The summed E-state index contributed by atoms with van der Waals surface area (Å²) in [5, 5.41) is 10.1. The summed E-state index contributed by atoms with van der Waals surface area (Å²) in [6.07, 6.45) is 0. The average Bonchev–Trinajstić information content (AvgIpc) is 2.43. The second-order valence-electron chi connectivity index (χ2n) is 2.74. The standard InChI is InChI=1S/C9H5ClO2S2/c10-7-5-3-4(8(11)12)1-2-6(5)14-9(7)13/h1-3,13H,(H,11,12). The second kappa shape index (κ2) is 3.46. The highest BCUT2D eigenvalue weighted by Crippen LogP contribution is 2.37. The Hall–Kier alpha value is -0.710. The van der Waals surface area contributed by atoms with Crippen molar-refractivity contribution < 1.29 is 9.90 Å². The van der Waals surface area contributed by atoms with Gasteiger partial charge in [-0.1, -0.05) is 11.6 Å². The van der Waals surface area contributed by atoms with Crippen LogP contribution in [0, 0.1) is 0 Å². The molecule has 14 heavy (non-hydrogen) atoms. The monoisotopic (exact) mass is 244 g/mol. The topological polar surface area (TPSA) is 37.3 Å². The Balaban J connectivity index is 2.76. The zero-order chi connectivity index (χ0) is 10.3. The number of carboxylic acids is 1. The molecule has 2 aromatic rings. The number of rotatable bonds is 1. The summed E-state index contributed by atoms with van der Waals surface area (Å²) in [4.78, 5) is 10.7. The van der Waals surface area contributed by atoms with Crippen LogP contribution in [0.3, 0.4) is 0 Å². The summed E-state index contributed by atoms with van der Waals surface area (Å²) >= 11 is 11.6. The quantitative estimate of drug-likeness (QED) is 0.753. The minimum absolute atomic E-state index is 0.241. The summed E-state index contributed by atoms with van der Waals surface area (Å²) in [6, 6.07) is 4.87. The Kier molecular flexibility index (Phi) is 2.43. The van der Waals surface area contributed by atoms with E-state index in [1.807, 2.05) is 0 Å². The van der Waals surface area contributed by atoms with E-state index in [9.17, 15) is 4.79 Å². The molecule has 1 aromatic carbocycles. The van der Waals surface area contributed by atoms with Gasteiger partial charge in [-0.05, 0) is 18.2 Å². The summed E-state index contributed by atoms with van der Waals surface area (Å²) in [5.74, 6) is -0.949. The smallest absolute Gasteiger partial charge is 0.335 e. The molecule has 0 saturated carbocycles. The molecule has 0 saturated heterocycles. The van der Waals surface area contributed by atoms with Crippen molar-refractivity contribution in [2.45, 2.75) is 4.21 Å². The van der Waals surface area contributed by atoms with Crippen LogP contribution < -0.4 is 0 Å². The lowest BCUT2D eigenvalue weighted by molar-refractivity contribution is 0.0697. The molecule has 1 N–H and O–H groups in total. The lowest BCUT2D eigenvalue weighted by Crippen LogP contribution is -1.94. The van der Waals surface area contributed by atoms with E-state index in [0.29, 0.717) is 9.23 Å². The van der Waals surface area contributed by atoms with Crippen molar-refractivity contribution >= 4 is 51.6 Å². The van der Waals surface area contributed by atoms with E-state index >= 15 is 0 Å². The summed E-state index contributed by atoms with van der Waals surface area (Å²) in [7, 11) is 0. The number of thiol groups is 1. The van der Waals surface area contributed by atoms with Crippen molar-refractivity contribution in [1.29, 1.82) is 0 Å². The maximum atomic E-state index is 10.7. The fourth-order valence-electron chi connectivity index (χ4n) is 1.19. The Morgan fingerprint density at radius 1 is 1.50 bits per heavy atom. The maximum Gasteiger partial charge on any atom is 0.335 e. The van der Waals surface area contributed by atoms with Crippen molar-refractivity contribution in [3.63, 3.8) is 0 Å². The van der Waals surface area contributed by atoms with E-state index in [-0.39, 0.29) is 5.56 Å². The first-order valence-electron chi connectivity index (χ1n) is 3.74. The third-order valence-corrected chi connectivity index (χ3v) is 3.96. The fraction of sp³-hybridized carbons (Fsp3) is 0. The largest absolute Gasteiger partial charge is 0.478 e. The SMILES string of the molecule is O=C(O)c1ccc2sc(S)c(Cl)c2c1. The first kappa shape index (κ1) is 9.83. The zero-order valence-corrected chi connectivity index (χ0v) is 9.29. The van der Waals surface area contributed by atoms with E-state index < -0.39 is 5.97 Å². The highest BCUT2D eigenvalue weighted by Gasteiger charge is 2.10. The number of fused-ring (bicyclic) bond motifs is 1. The number of hydrogen-bond acceptors (Lipinski definition) is 3. The predicted octanol–water partition coefficient (Wildman–Crippen LogP) is 3.54. The minimum atomic E-state index is -0.949. The van der Waals surface area contributed by atoms with Gasteiger partial charge >= 0.3 is 5.97 Å².